The predicted octanol–water partition coefficient (Wildman–Crippen LogP) is 6.12. The third-order valence-electron chi connectivity index (χ3n) is 3.88. The van der Waals surface area contributed by atoms with E-state index in [-0.39, 0.29) is 11.3 Å². The Labute approximate surface area is 160 Å². The van der Waals surface area contributed by atoms with E-state index in [9.17, 15) is 4.79 Å². The molecule has 0 spiro atoms. The van der Waals surface area contributed by atoms with Gasteiger partial charge in [-0.3, -0.25) is 10.1 Å². The number of hydrogen-bond acceptors (Lipinski definition) is 3. The third-order valence-corrected chi connectivity index (χ3v) is 5.16. The van der Waals surface area contributed by atoms with E-state index in [1.54, 1.807) is 12.1 Å². The molecule has 1 amide bonds. The first-order valence-corrected chi connectivity index (χ1v) is 9.63. The average molecular weight is 415 g/mol. The molecule has 128 valence electrons. The maximum atomic E-state index is 12.3. The van der Waals surface area contributed by atoms with Crippen LogP contribution in [0.5, 0.6) is 0 Å². The number of anilines is 1. The number of aromatic nitrogens is 1. The van der Waals surface area contributed by atoms with Gasteiger partial charge >= 0.3 is 0 Å². The molecule has 0 aliphatic heterocycles. The SMILES string of the molecule is CC(C)(C)c1ccc(-c2csc(NC(=O)c3ccc(Br)cc3)n2)cc1. The zero-order chi connectivity index (χ0) is 18.0. The second kappa shape index (κ2) is 7.10. The van der Waals surface area contributed by atoms with Crippen molar-refractivity contribution in [2.75, 3.05) is 5.32 Å². The molecule has 0 fully saturated rings. The largest absolute Gasteiger partial charge is 0.298 e. The molecule has 0 aliphatic carbocycles. The Hall–Kier alpha value is -1.98. The quantitative estimate of drug-likeness (QED) is 0.560. The van der Waals surface area contributed by atoms with Gasteiger partial charge in [-0.25, -0.2) is 4.98 Å². The first-order chi connectivity index (χ1) is 11.8. The summed E-state index contributed by atoms with van der Waals surface area (Å²) in [6.07, 6.45) is 0. The Morgan fingerprint density at radius 1 is 1.04 bits per heavy atom. The zero-order valence-electron chi connectivity index (χ0n) is 14.3. The Balaban J connectivity index is 1.74. The lowest BCUT2D eigenvalue weighted by Gasteiger charge is -2.18. The summed E-state index contributed by atoms with van der Waals surface area (Å²) in [6, 6.07) is 15.7. The Bertz CT molecular complexity index is 877. The monoisotopic (exact) mass is 414 g/mol. The molecule has 1 heterocycles. The molecule has 0 atom stereocenters. The molecule has 0 saturated heterocycles. The fourth-order valence-corrected chi connectivity index (χ4v) is 3.35. The van der Waals surface area contributed by atoms with E-state index in [1.165, 1.54) is 16.9 Å². The van der Waals surface area contributed by atoms with E-state index in [4.69, 9.17) is 0 Å². The summed E-state index contributed by atoms with van der Waals surface area (Å²) in [7, 11) is 0. The molecule has 0 saturated carbocycles. The lowest BCUT2D eigenvalue weighted by atomic mass is 9.86. The van der Waals surface area contributed by atoms with Crippen LogP contribution in [-0.2, 0) is 5.41 Å². The molecule has 3 nitrogen and oxygen atoms in total. The molecule has 0 unspecified atom stereocenters. The third kappa shape index (κ3) is 4.35. The van der Waals surface area contributed by atoms with Gasteiger partial charge in [0.25, 0.3) is 5.91 Å². The molecule has 3 rings (SSSR count). The Kier molecular flexibility index (Phi) is 5.06. The maximum absolute atomic E-state index is 12.3. The first kappa shape index (κ1) is 17.8. The van der Waals surface area contributed by atoms with E-state index >= 15 is 0 Å². The average Bonchev–Trinajstić information content (AvgIpc) is 3.03. The van der Waals surface area contributed by atoms with Crippen molar-refractivity contribution >= 4 is 38.3 Å². The van der Waals surface area contributed by atoms with Crippen molar-refractivity contribution in [3.8, 4) is 11.3 Å². The second-order valence-corrected chi connectivity index (χ2v) is 8.60. The van der Waals surface area contributed by atoms with Gasteiger partial charge in [0, 0.05) is 21.0 Å². The number of nitrogens with zero attached hydrogens (tertiary/aromatic N) is 1. The summed E-state index contributed by atoms with van der Waals surface area (Å²) in [4.78, 5) is 16.8. The molecule has 1 N–H and O–H groups in total. The molecule has 2 aromatic carbocycles. The second-order valence-electron chi connectivity index (χ2n) is 6.83. The van der Waals surface area contributed by atoms with Crippen molar-refractivity contribution in [1.82, 2.24) is 4.98 Å². The van der Waals surface area contributed by atoms with Gasteiger partial charge in [0.15, 0.2) is 5.13 Å². The van der Waals surface area contributed by atoms with Crippen molar-refractivity contribution < 1.29 is 4.79 Å². The zero-order valence-corrected chi connectivity index (χ0v) is 16.7. The van der Waals surface area contributed by atoms with Crippen LogP contribution < -0.4 is 5.32 Å². The number of thiazole rings is 1. The highest BCUT2D eigenvalue weighted by Crippen LogP contribution is 2.28. The molecule has 0 radical (unpaired) electrons. The number of nitrogens with one attached hydrogen (secondary N) is 1. The molecule has 1 aromatic heterocycles. The van der Waals surface area contributed by atoms with Crippen LogP contribution >= 0.6 is 27.3 Å². The number of hydrogen-bond donors (Lipinski definition) is 1. The molecule has 0 aliphatic rings. The summed E-state index contributed by atoms with van der Waals surface area (Å²) >= 11 is 4.79. The smallest absolute Gasteiger partial charge is 0.257 e. The van der Waals surface area contributed by atoms with Gasteiger partial charge in [0.2, 0.25) is 0 Å². The van der Waals surface area contributed by atoms with E-state index < -0.39 is 0 Å². The lowest BCUT2D eigenvalue weighted by Crippen LogP contribution is -2.11. The highest BCUT2D eigenvalue weighted by molar-refractivity contribution is 9.10. The topological polar surface area (TPSA) is 42.0 Å². The summed E-state index contributed by atoms with van der Waals surface area (Å²) in [5, 5.41) is 5.42. The summed E-state index contributed by atoms with van der Waals surface area (Å²) < 4.78 is 0.944. The molecule has 0 bridgehead atoms. The van der Waals surface area contributed by atoms with Gasteiger partial charge in [-0.2, -0.15) is 0 Å². The molecule has 25 heavy (non-hydrogen) atoms. The van der Waals surface area contributed by atoms with Gasteiger partial charge in [0.1, 0.15) is 0 Å². The van der Waals surface area contributed by atoms with E-state index in [2.05, 4.69) is 71.3 Å². The molecule has 3 aromatic rings. The summed E-state index contributed by atoms with van der Waals surface area (Å²) in [6.45, 7) is 6.59. The standard InChI is InChI=1S/C20H19BrN2OS/c1-20(2,3)15-8-4-13(5-9-15)17-12-25-19(22-17)23-18(24)14-6-10-16(21)11-7-14/h4-12H,1-3H3,(H,22,23,24). The van der Waals surface area contributed by atoms with Crippen LogP contribution in [0.1, 0.15) is 36.7 Å². The van der Waals surface area contributed by atoms with Crippen molar-refractivity contribution in [2.24, 2.45) is 0 Å². The van der Waals surface area contributed by atoms with E-state index in [1.807, 2.05) is 17.5 Å². The van der Waals surface area contributed by atoms with Gasteiger partial charge in [-0.1, -0.05) is 61.0 Å². The van der Waals surface area contributed by atoms with Crippen LogP contribution in [0.15, 0.2) is 58.4 Å². The number of carbonyl (C=O) groups is 1. The van der Waals surface area contributed by atoms with E-state index in [0.717, 1.165) is 15.7 Å². The number of rotatable bonds is 3. The van der Waals surface area contributed by atoms with Crippen LogP contribution in [0.2, 0.25) is 0 Å². The lowest BCUT2D eigenvalue weighted by molar-refractivity contribution is 0.102. The van der Waals surface area contributed by atoms with Crippen LogP contribution in [0.25, 0.3) is 11.3 Å². The highest BCUT2D eigenvalue weighted by atomic mass is 79.9. The Morgan fingerprint density at radius 3 is 2.28 bits per heavy atom. The number of benzene rings is 2. The predicted molar refractivity (Wildman–Crippen MR) is 108 cm³/mol. The summed E-state index contributed by atoms with van der Waals surface area (Å²) in [5.74, 6) is -0.156. The Morgan fingerprint density at radius 2 is 1.68 bits per heavy atom. The number of amides is 1. The number of halogens is 1. The van der Waals surface area contributed by atoms with Crippen LogP contribution in [0.3, 0.4) is 0 Å². The van der Waals surface area contributed by atoms with Crippen LogP contribution in [-0.4, -0.2) is 10.9 Å². The molecular formula is C20H19BrN2OS. The summed E-state index contributed by atoms with van der Waals surface area (Å²) in [5.41, 5.74) is 3.94. The van der Waals surface area contributed by atoms with Gasteiger partial charge in [-0.15, -0.1) is 11.3 Å². The highest BCUT2D eigenvalue weighted by Gasteiger charge is 2.14. The fourth-order valence-electron chi connectivity index (χ4n) is 2.38. The van der Waals surface area contributed by atoms with Crippen LogP contribution in [0.4, 0.5) is 5.13 Å². The van der Waals surface area contributed by atoms with Gasteiger partial charge in [0.05, 0.1) is 5.69 Å². The molecular weight excluding hydrogens is 396 g/mol. The van der Waals surface area contributed by atoms with Gasteiger partial charge < -0.3 is 0 Å². The van der Waals surface area contributed by atoms with Crippen molar-refractivity contribution in [3.05, 3.63) is 69.5 Å². The minimum absolute atomic E-state index is 0.129. The molecule has 5 heteroatoms. The number of carbonyl (C=O) groups excluding carboxylic acids is 1. The minimum Gasteiger partial charge on any atom is -0.298 e. The first-order valence-electron chi connectivity index (χ1n) is 7.96. The van der Waals surface area contributed by atoms with Crippen molar-refractivity contribution in [1.29, 1.82) is 0 Å². The normalized spacial score (nSPS) is 11.4. The minimum atomic E-state index is -0.156. The van der Waals surface area contributed by atoms with E-state index in [0.29, 0.717) is 10.7 Å². The van der Waals surface area contributed by atoms with Crippen molar-refractivity contribution in [2.45, 2.75) is 26.2 Å². The fraction of sp³-hybridized carbons (Fsp3) is 0.200. The van der Waals surface area contributed by atoms with Crippen LogP contribution in [0, 0.1) is 0 Å². The maximum Gasteiger partial charge on any atom is 0.257 e. The van der Waals surface area contributed by atoms with Crippen molar-refractivity contribution in [3.63, 3.8) is 0 Å². The van der Waals surface area contributed by atoms with Gasteiger partial charge in [-0.05, 0) is 35.2 Å².